The number of hydrogen-bond donors (Lipinski definition) is 1. The van der Waals surface area contributed by atoms with Crippen molar-refractivity contribution in [2.45, 2.75) is 19.9 Å². The van der Waals surface area contributed by atoms with E-state index < -0.39 is 0 Å². The molecule has 0 fully saturated rings. The fraction of sp³-hybridized carbons (Fsp3) is 0.500. The highest BCUT2D eigenvalue weighted by Crippen LogP contribution is 2.05. The maximum absolute atomic E-state index is 3.49. The Labute approximate surface area is 87.1 Å². The SMILES string of the molecule is CCCN[N+](C)(C)Cc1ccccc1. The summed E-state index contributed by atoms with van der Waals surface area (Å²) in [5.74, 6) is 0. The van der Waals surface area contributed by atoms with Gasteiger partial charge >= 0.3 is 0 Å². The Balaban J connectivity index is 2.50. The highest BCUT2D eigenvalue weighted by molar-refractivity contribution is 5.13. The Morgan fingerprint density at radius 3 is 2.36 bits per heavy atom. The van der Waals surface area contributed by atoms with Crippen molar-refractivity contribution in [2.75, 3.05) is 20.6 Å². The standard InChI is InChI=1S/C12H21N2/c1-4-10-13-14(2,3)11-12-8-6-5-7-9-12/h5-9,13H,4,10-11H2,1-3H3/q+1. The minimum atomic E-state index is 0.845. The second-order valence-electron chi connectivity index (χ2n) is 4.24. The first-order valence-electron chi connectivity index (χ1n) is 5.26. The molecule has 0 bridgehead atoms. The number of hydrogen-bond acceptors (Lipinski definition) is 1. The van der Waals surface area contributed by atoms with Crippen molar-refractivity contribution < 1.29 is 4.59 Å². The van der Waals surface area contributed by atoms with Crippen LogP contribution in [0.25, 0.3) is 0 Å². The molecule has 2 heteroatoms. The summed E-state index contributed by atoms with van der Waals surface area (Å²) in [5.41, 5.74) is 4.87. The van der Waals surface area contributed by atoms with Crippen molar-refractivity contribution >= 4 is 0 Å². The average molecular weight is 193 g/mol. The second-order valence-corrected chi connectivity index (χ2v) is 4.24. The Kier molecular flexibility index (Phi) is 4.11. The molecule has 1 N–H and O–H groups in total. The van der Waals surface area contributed by atoms with Crippen LogP contribution in [0.1, 0.15) is 18.9 Å². The van der Waals surface area contributed by atoms with E-state index in [1.54, 1.807) is 0 Å². The van der Waals surface area contributed by atoms with Gasteiger partial charge in [-0.25, -0.2) is 4.59 Å². The van der Waals surface area contributed by atoms with Crippen LogP contribution >= 0.6 is 0 Å². The van der Waals surface area contributed by atoms with E-state index in [1.807, 2.05) is 0 Å². The van der Waals surface area contributed by atoms with Crippen molar-refractivity contribution in [3.05, 3.63) is 35.9 Å². The largest absolute Gasteiger partial charge is 0.247 e. The molecule has 0 aliphatic carbocycles. The van der Waals surface area contributed by atoms with E-state index in [0.717, 1.165) is 17.7 Å². The van der Waals surface area contributed by atoms with Gasteiger partial charge < -0.3 is 0 Å². The molecule has 0 atom stereocenters. The zero-order valence-electron chi connectivity index (χ0n) is 9.46. The summed E-state index contributed by atoms with van der Waals surface area (Å²) < 4.78 is 0.845. The van der Waals surface area contributed by atoms with Crippen molar-refractivity contribution in [3.8, 4) is 0 Å². The second kappa shape index (κ2) is 5.13. The normalized spacial score (nSPS) is 11.6. The van der Waals surface area contributed by atoms with E-state index >= 15 is 0 Å². The molecule has 0 aromatic heterocycles. The lowest BCUT2D eigenvalue weighted by Gasteiger charge is -2.29. The van der Waals surface area contributed by atoms with Crippen molar-refractivity contribution in [2.24, 2.45) is 0 Å². The van der Waals surface area contributed by atoms with Gasteiger partial charge in [0.15, 0.2) is 0 Å². The molecular weight excluding hydrogens is 172 g/mol. The number of nitrogens with zero attached hydrogens (tertiary/aromatic N) is 1. The zero-order chi connectivity index (χ0) is 10.4. The minimum Gasteiger partial charge on any atom is -0.247 e. The topological polar surface area (TPSA) is 12.0 Å². The summed E-state index contributed by atoms with van der Waals surface area (Å²) in [6, 6.07) is 10.6. The molecule has 0 radical (unpaired) electrons. The molecule has 0 aliphatic rings. The summed E-state index contributed by atoms with van der Waals surface area (Å²) in [4.78, 5) is 0. The molecule has 1 aromatic rings. The summed E-state index contributed by atoms with van der Waals surface area (Å²) in [6.07, 6.45) is 1.18. The highest BCUT2D eigenvalue weighted by atomic mass is 15.6. The lowest BCUT2D eigenvalue weighted by atomic mass is 10.2. The average Bonchev–Trinajstić information content (AvgIpc) is 2.16. The van der Waals surface area contributed by atoms with E-state index in [4.69, 9.17) is 0 Å². The molecule has 1 aromatic carbocycles. The van der Waals surface area contributed by atoms with Gasteiger partial charge in [-0.1, -0.05) is 37.3 Å². The van der Waals surface area contributed by atoms with E-state index in [1.165, 1.54) is 12.0 Å². The van der Waals surface area contributed by atoms with Gasteiger partial charge in [0.2, 0.25) is 0 Å². The molecule has 0 saturated heterocycles. The van der Waals surface area contributed by atoms with Crippen LogP contribution in [0.3, 0.4) is 0 Å². The van der Waals surface area contributed by atoms with Crippen LogP contribution in [-0.2, 0) is 6.54 Å². The van der Waals surface area contributed by atoms with Crippen molar-refractivity contribution in [1.82, 2.24) is 5.43 Å². The Bertz CT molecular complexity index is 254. The Morgan fingerprint density at radius 2 is 1.79 bits per heavy atom. The van der Waals surface area contributed by atoms with Crippen LogP contribution in [-0.4, -0.2) is 25.2 Å². The predicted octanol–water partition coefficient (Wildman–Crippen LogP) is 2.18. The van der Waals surface area contributed by atoms with Gasteiger partial charge in [-0.3, -0.25) is 0 Å². The van der Waals surface area contributed by atoms with Gasteiger partial charge in [-0.2, -0.15) is 5.43 Å². The van der Waals surface area contributed by atoms with Crippen LogP contribution < -0.4 is 5.43 Å². The molecule has 0 unspecified atom stereocenters. The molecule has 2 nitrogen and oxygen atoms in total. The molecule has 0 amide bonds. The van der Waals surface area contributed by atoms with E-state index in [-0.39, 0.29) is 0 Å². The summed E-state index contributed by atoms with van der Waals surface area (Å²) in [6.45, 7) is 4.29. The van der Waals surface area contributed by atoms with Gasteiger partial charge in [0, 0.05) is 12.1 Å². The Morgan fingerprint density at radius 1 is 1.14 bits per heavy atom. The van der Waals surface area contributed by atoms with Gasteiger partial charge in [0.1, 0.15) is 6.54 Å². The first-order valence-corrected chi connectivity index (χ1v) is 5.26. The molecular formula is C12H21N2+. The number of quaternary nitrogens is 1. The molecule has 0 saturated carbocycles. The molecule has 0 spiro atoms. The van der Waals surface area contributed by atoms with Crippen LogP contribution in [0.15, 0.2) is 30.3 Å². The first-order chi connectivity index (χ1) is 6.64. The van der Waals surface area contributed by atoms with Gasteiger partial charge in [0.05, 0.1) is 14.1 Å². The van der Waals surface area contributed by atoms with Crippen LogP contribution in [0.4, 0.5) is 0 Å². The molecule has 0 aliphatic heterocycles. The molecule has 78 valence electrons. The third kappa shape index (κ3) is 3.90. The summed E-state index contributed by atoms with van der Waals surface area (Å²) in [5, 5.41) is 0. The lowest BCUT2D eigenvalue weighted by molar-refractivity contribution is -0.946. The van der Waals surface area contributed by atoms with E-state index in [0.29, 0.717) is 0 Å². The maximum atomic E-state index is 3.49. The van der Waals surface area contributed by atoms with Gasteiger partial charge in [-0.15, -0.1) is 0 Å². The molecule has 0 heterocycles. The third-order valence-electron chi connectivity index (χ3n) is 2.21. The number of rotatable bonds is 5. The fourth-order valence-corrected chi connectivity index (χ4v) is 1.51. The van der Waals surface area contributed by atoms with Crippen LogP contribution in [0.2, 0.25) is 0 Å². The third-order valence-corrected chi connectivity index (χ3v) is 2.21. The zero-order valence-corrected chi connectivity index (χ0v) is 9.46. The van der Waals surface area contributed by atoms with Gasteiger partial charge in [0.25, 0.3) is 0 Å². The van der Waals surface area contributed by atoms with E-state index in [9.17, 15) is 0 Å². The monoisotopic (exact) mass is 193 g/mol. The summed E-state index contributed by atoms with van der Waals surface area (Å²) >= 11 is 0. The fourth-order valence-electron chi connectivity index (χ4n) is 1.51. The van der Waals surface area contributed by atoms with Crippen LogP contribution in [0, 0.1) is 0 Å². The minimum absolute atomic E-state index is 0.845. The smallest absolute Gasteiger partial charge is 0.121 e. The van der Waals surface area contributed by atoms with Crippen molar-refractivity contribution in [3.63, 3.8) is 0 Å². The number of nitrogens with one attached hydrogen (secondary N) is 1. The predicted molar refractivity (Wildman–Crippen MR) is 60.5 cm³/mol. The lowest BCUT2D eigenvalue weighted by Crippen LogP contribution is -2.51. The Hall–Kier alpha value is -0.860. The quantitative estimate of drug-likeness (QED) is 0.558. The molecule has 1 rings (SSSR count). The first kappa shape index (κ1) is 11.2. The maximum Gasteiger partial charge on any atom is 0.121 e. The van der Waals surface area contributed by atoms with Gasteiger partial charge in [-0.05, 0) is 6.42 Å². The molecule has 14 heavy (non-hydrogen) atoms. The summed E-state index contributed by atoms with van der Waals surface area (Å²) in [7, 11) is 4.39. The van der Waals surface area contributed by atoms with Crippen LogP contribution in [0.5, 0.6) is 0 Å². The van der Waals surface area contributed by atoms with E-state index in [2.05, 4.69) is 56.8 Å². The number of benzene rings is 1. The van der Waals surface area contributed by atoms with Crippen molar-refractivity contribution in [1.29, 1.82) is 0 Å². The highest BCUT2D eigenvalue weighted by Gasteiger charge is 2.14.